The van der Waals surface area contributed by atoms with Crippen molar-refractivity contribution in [3.8, 4) is 0 Å². The number of aliphatic hydroxyl groups is 1. The lowest BCUT2D eigenvalue weighted by Gasteiger charge is -2.19. The lowest BCUT2D eigenvalue weighted by Crippen LogP contribution is -2.19. The minimum Gasteiger partial charge on any atom is -0.392 e. The van der Waals surface area contributed by atoms with E-state index < -0.39 is 0 Å². The molecule has 18 heavy (non-hydrogen) atoms. The second kappa shape index (κ2) is 4.91. The largest absolute Gasteiger partial charge is 0.392 e. The third-order valence-electron chi connectivity index (χ3n) is 3.84. The standard InChI is InChI=1S/C16H17NO/c18-16(11-12-7-9-17-10-8-12)15-6-5-13-3-1-2-4-14(13)15/h1-4,7-10,15-16,18H,5-6,11H2. The van der Waals surface area contributed by atoms with Crippen LogP contribution in [0.2, 0.25) is 0 Å². The van der Waals surface area contributed by atoms with Gasteiger partial charge in [0.05, 0.1) is 6.10 Å². The Morgan fingerprint density at radius 2 is 1.94 bits per heavy atom. The fourth-order valence-electron chi connectivity index (χ4n) is 2.89. The van der Waals surface area contributed by atoms with Crippen LogP contribution in [0.25, 0.3) is 0 Å². The number of aromatic nitrogens is 1. The van der Waals surface area contributed by atoms with E-state index in [0.29, 0.717) is 6.42 Å². The van der Waals surface area contributed by atoms with Crippen molar-refractivity contribution in [2.24, 2.45) is 0 Å². The first-order valence-corrected chi connectivity index (χ1v) is 6.49. The maximum absolute atomic E-state index is 10.4. The quantitative estimate of drug-likeness (QED) is 0.893. The van der Waals surface area contributed by atoms with Crippen molar-refractivity contribution in [2.45, 2.75) is 31.3 Å². The molecule has 0 saturated carbocycles. The minimum absolute atomic E-state index is 0.286. The molecule has 0 aliphatic heterocycles. The van der Waals surface area contributed by atoms with Crippen molar-refractivity contribution in [2.75, 3.05) is 0 Å². The zero-order valence-corrected chi connectivity index (χ0v) is 10.3. The van der Waals surface area contributed by atoms with Crippen LogP contribution in [0, 0.1) is 0 Å². The topological polar surface area (TPSA) is 33.1 Å². The Balaban J connectivity index is 1.77. The summed E-state index contributed by atoms with van der Waals surface area (Å²) in [4.78, 5) is 4.00. The van der Waals surface area contributed by atoms with Crippen molar-refractivity contribution in [3.63, 3.8) is 0 Å². The van der Waals surface area contributed by atoms with E-state index in [9.17, 15) is 5.11 Å². The van der Waals surface area contributed by atoms with Crippen molar-refractivity contribution < 1.29 is 5.11 Å². The van der Waals surface area contributed by atoms with Crippen molar-refractivity contribution in [3.05, 3.63) is 65.5 Å². The van der Waals surface area contributed by atoms with Crippen LogP contribution >= 0.6 is 0 Å². The Morgan fingerprint density at radius 3 is 2.78 bits per heavy atom. The van der Waals surface area contributed by atoms with E-state index in [1.54, 1.807) is 12.4 Å². The van der Waals surface area contributed by atoms with Gasteiger partial charge in [-0.05, 0) is 48.1 Å². The molecule has 1 N–H and O–H groups in total. The molecule has 0 fully saturated rings. The van der Waals surface area contributed by atoms with Gasteiger partial charge in [0.15, 0.2) is 0 Å². The predicted octanol–water partition coefficient (Wildman–Crippen LogP) is 2.72. The number of benzene rings is 1. The van der Waals surface area contributed by atoms with Gasteiger partial charge in [-0.3, -0.25) is 4.98 Å². The molecule has 1 aromatic heterocycles. The Kier molecular flexibility index (Phi) is 3.11. The molecule has 2 heteroatoms. The van der Waals surface area contributed by atoms with Crippen molar-refractivity contribution in [1.29, 1.82) is 0 Å². The molecule has 2 atom stereocenters. The van der Waals surface area contributed by atoms with Gasteiger partial charge in [-0.15, -0.1) is 0 Å². The number of nitrogens with zero attached hydrogens (tertiary/aromatic N) is 1. The van der Waals surface area contributed by atoms with Crippen LogP contribution < -0.4 is 0 Å². The maximum atomic E-state index is 10.4. The van der Waals surface area contributed by atoms with Crippen molar-refractivity contribution >= 4 is 0 Å². The normalized spacial score (nSPS) is 19.5. The first-order chi connectivity index (χ1) is 8.84. The summed E-state index contributed by atoms with van der Waals surface area (Å²) in [5.74, 6) is 0.286. The van der Waals surface area contributed by atoms with Gasteiger partial charge in [0.1, 0.15) is 0 Å². The number of fused-ring (bicyclic) bond motifs is 1. The van der Waals surface area contributed by atoms with E-state index in [1.807, 2.05) is 12.1 Å². The molecule has 3 rings (SSSR count). The van der Waals surface area contributed by atoms with Crippen LogP contribution in [0.5, 0.6) is 0 Å². The predicted molar refractivity (Wildman–Crippen MR) is 71.5 cm³/mol. The van der Waals surface area contributed by atoms with Gasteiger partial charge in [-0.1, -0.05) is 24.3 Å². The summed E-state index contributed by atoms with van der Waals surface area (Å²) >= 11 is 0. The zero-order chi connectivity index (χ0) is 12.4. The lowest BCUT2D eigenvalue weighted by atomic mass is 9.91. The number of hydrogen-bond donors (Lipinski definition) is 1. The van der Waals surface area contributed by atoms with Crippen LogP contribution in [0.3, 0.4) is 0 Å². The van der Waals surface area contributed by atoms with Gasteiger partial charge in [-0.2, -0.15) is 0 Å². The van der Waals surface area contributed by atoms with Gasteiger partial charge in [0, 0.05) is 18.3 Å². The highest BCUT2D eigenvalue weighted by Gasteiger charge is 2.28. The van der Waals surface area contributed by atoms with Crippen LogP contribution in [-0.4, -0.2) is 16.2 Å². The van der Waals surface area contributed by atoms with Crippen LogP contribution in [0.1, 0.15) is 29.0 Å². The van der Waals surface area contributed by atoms with Crippen LogP contribution in [0.15, 0.2) is 48.8 Å². The molecule has 0 radical (unpaired) electrons. The van der Waals surface area contributed by atoms with Gasteiger partial charge in [-0.25, -0.2) is 0 Å². The highest BCUT2D eigenvalue weighted by Crippen LogP contribution is 2.36. The van der Waals surface area contributed by atoms with E-state index >= 15 is 0 Å². The smallest absolute Gasteiger partial charge is 0.0649 e. The molecule has 1 aliphatic carbocycles. The number of aliphatic hydroxyl groups excluding tert-OH is 1. The SMILES string of the molecule is OC(Cc1ccncc1)C1CCc2ccccc21. The van der Waals surface area contributed by atoms with E-state index in [-0.39, 0.29) is 12.0 Å². The highest BCUT2D eigenvalue weighted by molar-refractivity contribution is 5.36. The summed E-state index contributed by atoms with van der Waals surface area (Å²) in [6, 6.07) is 12.4. The van der Waals surface area contributed by atoms with Crippen LogP contribution in [0.4, 0.5) is 0 Å². The minimum atomic E-state index is -0.295. The van der Waals surface area contributed by atoms with Gasteiger partial charge < -0.3 is 5.11 Å². The number of pyridine rings is 1. The van der Waals surface area contributed by atoms with Gasteiger partial charge in [0.25, 0.3) is 0 Å². The Hall–Kier alpha value is -1.67. The molecule has 0 spiro atoms. The second-order valence-electron chi connectivity index (χ2n) is 4.97. The first kappa shape index (κ1) is 11.4. The average Bonchev–Trinajstić information content (AvgIpc) is 2.84. The lowest BCUT2D eigenvalue weighted by molar-refractivity contribution is 0.143. The number of hydrogen-bond acceptors (Lipinski definition) is 2. The molecule has 2 aromatic rings. The second-order valence-corrected chi connectivity index (χ2v) is 4.97. The molecule has 1 aromatic carbocycles. The average molecular weight is 239 g/mol. The van der Waals surface area contributed by atoms with E-state index in [0.717, 1.165) is 18.4 Å². The Labute approximate surface area is 107 Å². The fraction of sp³-hybridized carbons (Fsp3) is 0.312. The first-order valence-electron chi connectivity index (χ1n) is 6.49. The third kappa shape index (κ3) is 2.16. The molecule has 0 amide bonds. The molecular weight excluding hydrogens is 222 g/mol. The van der Waals surface area contributed by atoms with Gasteiger partial charge in [0.2, 0.25) is 0 Å². The maximum Gasteiger partial charge on any atom is 0.0649 e. The summed E-state index contributed by atoms with van der Waals surface area (Å²) < 4.78 is 0. The van der Waals surface area contributed by atoms with E-state index in [1.165, 1.54) is 11.1 Å². The summed E-state index contributed by atoms with van der Waals surface area (Å²) in [7, 11) is 0. The number of rotatable bonds is 3. The monoisotopic (exact) mass is 239 g/mol. The molecular formula is C16H17NO. The molecule has 1 heterocycles. The van der Waals surface area contributed by atoms with E-state index in [4.69, 9.17) is 0 Å². The third-order valence-corrected chi connectivity index (χ3v) is 3.84. The fourth-order valence-corrected chi connectivity index (χ4v) is 2.89. The molecule has 1 aliphatic rings. The molecule has 0 bridgehead atoms. The molecule has 2 unspecified atom stereocenters. The van der Waals surface area contributed by atoms with Crippen LogP contribution in [-0.2, 0) is 12.8 Å². The zero-order valence-electron chi connectivity index (χ0n) is 10.3. The Morgan fingerprint density at radius 1 is 1.17 bits per heavy atom. The Bertz CT molecular complexity index is 524. The molecule has 2 nitrogen and oxygen atoms in total. The summed E-state index contributed by atoms with van der Waals surface area (Å²) in [5, 5.41) is 10.4. The summed E-state index contributed by atoms with van der Waals surface area (Å²) in [5.41, 5.74) is 3.89. The molecule has 92 valence electrons. The van der Waals surface area contributed by atoms with Crippen molar-refractivity contribution in [1.82, 2.24) is 4.98 Å². The number of aryl methyl sites for hydroxylation is 1. The molecule has 0 saturated heterocycles. The highest BCUT2D eigenvalue weighted by atomic mass is 16.3. The van der Waals surface area contributed by atoms with Gasteiger partial charge >= 0.3 is 0 Å². The summed E-state index contributed by atoms with van der Waals surface area (Å²) in [6.45, 7) is 0. The van der Waals surface area contributed by atoms with E-state index in [2.05, 4.69) is 29.2 Å². The summed E-state index contributed by atoms with van der Waals surface area (Å²) in [6.07, 6.45) is 6.13.